The van der Waals surface area contributed by atoms with Gasteiger partial charge in [-0.15, -0.1) is 11.3 Å². The monoisotopic (exact) mass is 468 g/mol. The van der Waals surface area contributed by atoms with Crippen LogP contribution in [-0.2, 0) is 34.3 Å². The fourth-order valence-electron chi connectivity index (χ4n) is 3.26. The molecule has 3 rings (SSSR count). The van der Waals surface area contributed by atoms with E-state index in [1.165, 1.54) is 22.9 Å². The van der Waals surface area contributed by atoms with Gasteiger partial charge in [-0.3, -0.25) is 9.59 Å². The predicted molar refractivity (Wildman–Crippen MR) is 111 cm³/mol. The highest BCUT2D eigenvalue weighted by atomic mass is 32.2. The van der Waals surface area contributed by atoms with Crippen molar-refractivity contribution in [2.75, 3.05) is 18.5 Å². The lowest BCUT2D eigenvalue weighted by Gasteiger charge is -2.25. The number of carbonyl (C=O) groups excluding carboxylic acids is 3. The number of rotatable bonds is 7. The molecule has 3 heterocycles. The van der Waals surface area contributed by atoms with Gasteiger partial charge in [0.15, 0.2) is 13.0 Å². The van der Waals surface area contributed by atoms with Crippen LogP contribution in [0.15, 0.2) is 9.55 Å². The van der Waals surface area contributed by atoms with E-state index in [1.54, 1.807) is 18.9 Å². The second-order valence-electron chi connectivity index (χ2n) is 6.91. The molecular weight excluding hydrogens is 444 g/mol. The predicted octanol–water partition coefficient (Wildman–Crippen LogP) is 1.22. The summed E-state index contributed by atoms with van der Waals surface area (Å²) in [7, 11) is 1.56. The topological polar surface area (TPSA) is 129 Å². The van der Waals surface area contributed by atoms with Crippen molar-refractivity contribution >= 4 is 45.9 Å². The Hall–Kier alpha value is -2.60. The third-order valence-electron chi connectivity index (χ3n) is 4.85. The summed E-state index contributed by atoms with van der Waals surface area (Å²) in [5.41, 5.74) is 1.16. The van der Waals surface area contributed by atoms with E-state index < -0.39 is 17.2 Å². The number of ether oxygens (including phenoxy) is 1. The molecule has 10 nitrogen and oxygen atoms in total. The van der Waals surface area contributed by atoms with E-state index in [2.05, 4.69) is 15.1 Å². The molecule has 0 fully saturated rings. The van der Waals surface area contributed by atoms with Crippen LogP contribution in [0.1, 0.15) is 48.0 Å². The van der Waals surface area contributed by atoms with Gasteiger partial charge in [0, 0.05) is 18.3 Å². The lowest BCUT2D eigenvalue weighted by Crippen LogP contribution is -2.34. The van der Waals surface area contributed by atoms with Gasteiger partial charge in [-0.25, -0.2) is 4.79 Å². The highest BCUT2D eigenvalue weighted by Crippen LogP contribution is 2.38. The molecule has 2 amide bonds. The Morgan fingerprint density at radius 3 is 2.74 bits per heavy atom. The Morgan fingerprint density at radius 1 is 1.42 bits per heavy atom. The van der Waals surface area contributed by atoms with Crippen LogP contribution in [0, 0.1) is 0 Å². The first-order valence-electron chi connectivity index (χ1n) is 9.84. The third-order valence-corrected chi connectivity index (χ3v) is 7.47. The first kappa shape index (κ1) is 23.1. The van der Waals surface area contributed by atoms with Gasteiger partial charge in [0.05, 0.1) is 29.2 Å². The number of carbonyl (C=O) groups is 3. The molecule has 0 aliphatic carbocycles. The van der Waals surface area contributed by atoms with Crippen molar-refractivity contribution < 1.29 is 33.4 Å². The number of anilines is 1. The standard InChI is InChI=1S/C19H24N4O6S2/c1-5-12(31-17-19(27)29-21-22(17)4)15(25)20-16-14(18(26)28-6-2)11-7-8-23(10(3)24)9-13(11)30-16/h12H,5-9H2,1-4H3,(H-,20,21,25,26,27). The molecule has 2 aromatic rings. The van der Waals surface area contributed by atoms with E-state index in [9.17, 15) is 19.5 Å². The maximum Gasteiger partial charge on any atom is 0.341 e. The summed E-state index contributed by atoms with van der Waals surface area (Å²) < 4.78 is 11.1. The van der Waals surface area contributed by atoms with Crippen molar-refractivity contribution in [2.45, 2.75) is 50.4 Å². The molecule has 1 aliphatic heterocycles. The fraction of sp³-hybridized carbons (Fsp3) is 0.526. The number of thiophene rings is 1. The molecule has 0 radical (unpaired) electrons. The smallest absolute Gasteiger partial charge is 0.341 e. The number of thioether (sulfide) groups is 1. The largest absolute Gasteiger partial charge is 0.538 e. The van der Waals surface area contributed by atoms with Crippen LogP contribution in [0.2, 0.25) is 0 Å². The zero-order valence-electron chi connectivity index (χ0n) is 17.7. The molecule has 1 N–H and O–H groups in total. The van der Waals surface area contributed by atoms with Gasteiger partial charge in [0.1, 0.15) is 5.00 Å². The minimum atomic E-state index is -0.609. The number of nitrogens with zero attached hydrogens (tertiary/aromatic N) is 3. The van der Waals surface area contributed by atoms with E-state index in [0.717, 1.165) is 22.2 Å². The van der Waals surface area contributed by atoms with Crippen LogP contribution >= 0.6 is 23.1 Å². The number of nitrogens with one attached hydrogen (secondary N) is 1. The zero-order chi connectivity index (χ0) is 22.7. The van der Waals surface area contributed by atoms with Crippen LogP contribution in [0.25, 0.3) is 0 Å². The molecular formula is C19H24N4O6S2. The van der Waals surface area contributed by atoms with Gasteiger partial charge in [0.2, 0.25) is 11.8 Å². The van der Waals surface area contributed by atoms with Crippen LogP contribution in [-0.4, -0.2) is 46.4 Å². The molecule has 1 atom stereocenters. The van der Waals surface area contributed by atoms with Crippen molar-refractivity contribution in [1.82, 2.24) is 10.2 Å². The summed E-state index contributed by atoms with van der Waals surface area (Å²) in [6.07, 6.45) is 0.955. The number of aromatic nitrogens is 2. The average molecular weight is 469 g/mol. The maximum absolute atomic E-state index is 13.0. The molecule has 0 saturated carbocycles. The van der Waals surface area contributed by atoms with E-state index in [0.29, 0.717) is 36.5 Å². The van der Waals surface area contributed by atoms with E-state index in [1.807, 2.05) is 6.92 Å². The Labute approximate surface area is 187 Å². The summed E-state index contributed by atoms with van der Waals surface area (Å²) in [5.74, 6) is -1.50. The van der Waals surface area contributed by atoms with Gasteiger partial charge in [-0.2, -0.15) is 0 Å². The summed E-state index contributed by atoms with van der Waals surface area (Å²) in [6.45, 7) is 6.15. The second-order valence-corrected chi connectivity index (χ2v) is 9.21. The van der Waals surface area contributed by atoms with Crippen molar-refractivity contribution in [3.05, 3.63) is 16.0 Å². The Kier molecular flexibility index (Phi) is 7.21. The van der Waals surface area contributed by atoms with E-state index in [-0.39, 0.29) is 23.4 Å². The van der Waals surface area contributed by atoms with Crippen LogP contribution in [0.5, 0.6) is 5.95 Å². The normalized spacial score (nSPS) is 14.1. The van der Waals surface area contributed by atoms with Crippen molar-refractivity contribution in [3.8, 4) is 5.95 Å². The SMILES string of the molecule is CCOC(=O)c1c(NC(=O)C(CC)Sc2c([O-])on[n+]2C)sc2c1CCN(C(C)=O)C2. The molecule has 1 aliphatic rings. The van der Waals surface area contributed by atoms with Gasteiger partial charge in [-0.1, -0.05) is 11.6 Å². The van der Waals surface area contributed by atoms with Gasteiger partial charge >= 0.3 is 5.97 Å². The van der Waals surface area contributed by atoms with Crippen LogP contribution in [0.3, 0.4) is 0 Å². The van der Waals surface area contributed by atoms with Gasteiger partial charge < -0.3 is 24.6 Å². The number of aryl methyl sites for hydroxylation is 1. The summed E-state index contributed by atoms with van der Waals surface area (Å²) in [4.78, 5) is 40.0. The molecule has 0 bridgehead atoms. The lowest BCUT2D eigenvalue weighted by molar-refractivity contribution is -0.772. The fourth-order valence-corrected chi connectivity index (χ4v) is 5.44. The minimum absolute atomic E-state index is 0.0419. The Morgan fingerprint density at radius 2 is 2.16 bits per heavy atom. The van der Waals surface area contributed by atoms with E-state index in [4.69, 9.17) is 4.74 Å². The second kappa shape index (κ2) is 9.69. The number of fused-ring (bicyclic) bond motifs is 1. The number of hydrogen-bond acceptors (Lipinski definition) is 9. The first-order valence-corrected chi connectivity index (χ1v) is 11.5. The van der Waals surface area contributed by atoms with E-state index >= 15 is 0 Å². The summed E-state index contributed by atoms with van der Waals surface area (Å²) >= 11 is 2.33. The zero-order valence-corrected chi connectivity index (χ0v) is 19.4. The van der Waals surface area contributed by atoms with Crippen molar-refractivity contribution in [1.29, 1.82) is 0 Å². The highest BCUT2D eigenvalue weighted by molar-refractivity contribution is 8.00. The number of amides is 2. The molecule has 1 unspecified atom stereocenters. The number of esters is 1. The van der Waals surface area contributed by atoms with Gasteiger partial charge in [0.25, 0.3) is 5.03 Å². The third kappa shape index (κ3) is 4.85. The Balaban J connectivity index is 1.87. The number of hydrogen-bond donors (Lipinski definition) is 1. The first-order chi connectivity index (χ1) is 14.8. The van der Waals surface area contributed by atoms with Crippen LogP contribution < -0.4 is 15.1 Å². The molecule has 0 spiro atoms. The summed E-state index contributed by atoms with van der Waals surface area (Å²) in [6, 6.07) is 0. The average Bonchev–Trinajstić information content (AvgIpc) is 3.24. The molecule has 2 aromatic heterocycles. The quantitative estimate of drug-likeness (QED) is 0.365. The highest BCUT2D eigenvalue weighted by Gasteiger charge is 2.32. The minimum Gasteiger partial charge on any atom is -0.538 e. The van der Waals surface area contributed by atoms with Gasteiger partial charge in [-0.05, 0) is 37.1 Å². The molecule has 12 heteroatoms. The summed E-state index contributed by atoms with van der Waals surface area (Å²) in [5, 5.41) is 18.2. The lowest BCUT2D eigenvalue weighted by atomic mass is 10.0. The maximum atomic E-state index is 13.0. The molecule has 168 valence electrons. The Bertz CT molecular complexity index is 982. The molecule has 0 aromatic carbocycles. The van der Waals surface area contributed by atoms with Crippen LogP contribution in [0.4, 0.5) is 5.00 Å². The molecule has 0 saturated heterocycles. The molecule has 31 heavy (non-hydrogen) atoms. The van der Waals surface area contributed by atoms with Crippen molar-refractivity contribution in [2.24, 2.45) is 7.05 Å². The van der Waals surface area contributed by atoms with Crippen molar-refractivity contribution in [3.63, 3.8) is 0 Å².